The summed E-state index contributed by atoms with van der Waals surface area (Å²) in [5.41, 5.74) is 3.35. The number of hydrogen-bond donors (Lipinski definition) is 2. The number of hydrogen-bond acceptors (Lipinski definition) is 4. The van der Waals surface area contributed by atoms with Crippen molar-refractivity contribution < 1.29 is 14.3 Å². The first-order valence-electron chi connectivity index (χ1n) is 8.22. The Morgan fingerprint density at radius 2 is 2.16 bits per heavy atom. The molecule has 0 spiro atoms. The van der Waals surface area contributed by atoms with Crippen LogP contribution >= 0.6 is 0 Å². The maximum Gasteiger partial charge on any atom is 0.229 e. The summed E-state index contributed by atoms with van der Waals surface area (Å²) >= 11 is 0. The van der Waals surface area contributed by atoms with Gasteiger partial charge in [0.05, 0.1) is 31.0 Å². The van der Waals surface area contributed by atoms with Crippen LogP contribution in [-0.2, 0) is 16.0 Å². The van der Waals surface area contributed by atoms with E-state index in [1.807, 2.05) is 38.1 Å². The van der Waals surface area contributed by atoms with Crippen LogP contribution in [0.2, 0.25) is 0 Å². The van der Waals surface area contributed by atoms with E-state index in [0.29, 0.717) is 12.3 Å². The van der Waals surface area contributed by atoms with Crippen molar-refractivity contribution >= 4 is 17.5 Å². The maximum absolute atomic E-state index is 12.4. The Morgan fingerprint density at radius 1 is 1.40 bits per heavy atom. The number of para-hydroxylation sites is 2. The van der Waals surface area contributed by atoms with Gasteiger partial charge in [-0.1, -0.05) is 12.1 Å². The molecule has 0 aliphatic carbocycles. The van der Waals surface area contributed by atoms with E-state index < -0.39 is 0 Å². The number of carbonyl (C=O) groups excluding carboxylic acids is 2. The topological polar surface area (TPSA) is 87.3 Å². The van der Waals surface area contributed by atoms with Gasteiger partial charge in [-0.05, 0) is 26.0 Å². The van der Waals surface area contributed by atoms with Gasteiger partial charge in [-0.15, -0.1) is 0 Å². The van der Waals surface area contributed by atoms with Crippen LogP contribution in [0.5, 0.6) is 5.75 Å². The van der Waals surface area contributed by atoms with Crippen LogP contribution in [0.4, 0.5) is 5.69 Å². The standard InChI is InChI=1S/C18H22N4O3/c1-11-14(12(2)21-20-11)9-17(23)19-13-8-18(24)22(10-13)15-6-4-5-7-16(15)25-3/h4-7,13H,8-10H2,1-3H3,(H,19,23)(H,20,21)/t13-/m0/s1. The quantitative estimate of drug-likeness (QED) is 0.862. The summed E-state index contributed by atoms with van der Waals surface area (Å²) in [6, 6.07) is 7.18. The first-order valence-corrected chi connectivity index (χ1v) is 8.22. The van der Waals surface area contributed by atoms with Crippen molar-refractivity contribution in [2.24, 2.45) is 0 Å². The molecule has 1 aromatic carbocycles. The van der Waals surface area contributed by atoms with Crippen LogP contribution in [-0.4, -0.2) is 41.7 Å². The lowest BCUT2D eigenvalue weighted by atomic mass is 10.1. The lowest BCUT2D eigenvalue weighted by Gasteiger charge is -2.19. The third kappa shape index (κ3) is 3.50. The monoisotopic (exact) mass is 342 g/mol. The third-order valence-electron chi connectivity index (χ3n) is 4.48. The zero-order chi connectivity index (χ0) is 18.0. The number of ether oxygens (including phenoxy) is 1. The molecule has 2 amide bonds. The minimum Gasteiger partial charge on any atom is -0.495 e. The van der Waals surface area contributed by atoms with Crippen LogP contribution in [0.15, 0.2) is 24.3 Å². The number of methoxy groups -OCH3 is 1. The number of rotatable bonds is 5. The van der Waals surface area contributed by atoms with Crippen LogP contribution in [0.25, 0.3) is 0 Å². The molecule has 0 bridgehead atoms. The van der Waals surface area contributed by atoms with E-state index in [9.17, 15) is 9.59 Å². The predicted molar refractivity (Wildman–Crippen MR) is 93.7 cm³/mol. The molecular formula is C18H22N4O3. The molecule has 2 aromatic rings. The molecule has 1 aromatic heterocycles. The normalized spacial score (nSPS) is 17.0. The summed E-state index contributed by atoms with van der Waals surface area (Å²) < 4.78 is 5.33. The lowest BCUT2D eigenvalue weighted by Crippen LogP contribution is -2.38. The number of aromatic nitrogens is 2. The van der Waals surface area contributed by atoms with Gasteiger partial charge in [-0.25, -0.2) is 0 Å². The minimum absolute atomic E-state index is 0.0227. The first kappa shape index (κ1) is 17.0. The molecule has 1 aliphatic heterocycles. The van der Waals surface area contributed by atoms with Gasteiger partial charge in [0, 0.05) is 24.2 Å². The molecule has 25 heavy (non-hydrogen) atoms. The van der Waals surface area contributed by atoms with Crippen molar-refractivity contribution in [1.82, 2.24) is 15.5 Å². The second kappa shape index (κ2) is 6.96. The molecule has 0 saturated carbocycles. The molecule has 3 rings (SSSR count). The summed E-state index contributed by atoms with van der Waals surface area (Å²) in [6.07, 6.45) is 0.542. The van der Waals surface area contributed by atoms with E-state index in [0.717, 1.165) is 22.6 Å². The molecule has 7 nitrogen and oxygen atoms in total. The van der Waals surface area contributed by atoms with Gasteiger partial charge in [-0.2, -0.15) is 5.10 Å². The Kier molecular flexibility index (Phi) is 4.74. The average Bonchev–Trinajstić information content (AvgIpc) is 3.11. The van der Waals surface area contributed by atoms with E-state index in [1.165, 1.54) is 0 Å². The number of nitrogens with one attached hydrogen (secondary N) is 2. The van der Waals surface area contributed by atoms with Crippen LogP contribution in [0.3, 0.4) is 0 Å². The van der Waals surface area contributed by atoms with Crippen molar-refractivity contribution in [3.05, 3.63) is 41.2 Å². The van der Waals surface area contributed by atoms with Gasteiger partial charge in [0.15, 0.2) is 0 Å². The van der Waals surface area contributed by atoms with Gasteiger partial charge >= 0.3 is 0 Å². The second-order valence-electron chi connectivity index (χ2n) is 6.23. The largest absolute Gasteiger partial charge is 0.495 e. The molecule has 1 aliphatic rings. The first-order chi connectivity index (χ1) is 12.0. The Labute approximate surface area is 146 Å². The Hall–Kier alpha value is -2.83. The van der Waals surface area contributed by atoms with E-state index in [-0.39, 0.29) is 30.7 Å². The van der Waals surface area contributed by atoms with Crippen LogP contribution in [0, 0.1) is 13.8 Å². The second-order valence-corrected chi connectivity index (χ2v) is 6.23. The molecule has 1 saturated heterocycles. The fraction of sp³-hybridized carbons (Fsp3) is 0.389. The molecule has 0 radical (unpaired) electrons. The number of benzene rings is 1. The number of aryl methyl sites for hydroxylation is 2. The van der Waals surface area contributed by atoms with Gasteiger partial charge in [-0.3, -0.25) is 14.7 Å². The summed E-state index contributed by atoms with van der Waals surface area (Å²) in [5, 5.41) is 9.94. The Bertz CT molecular complexity index is 780. The molecule has 0 unspecified atom stereocenters. The Balaban J connectivity index is 1.66. The van der Waals surface area contributed by atoms with Crippen molar-refractivity contribution in [1.29, 1.82) is 0 Å². The predicted octanol–water partition coefficient (Wildman–Crippen LogP) is 1.50. The van der Waals surface area contributed by atoms with Gasteiger partial charge in [0.1, 0.15) is 5.75 Å². The van der Waals surface area contributed by atoms with Crippen molar-refractivity contribution in [2.45, 2.75) is 32.7 Å². The number of amides is 2. The van der Waals surface area contributed by atoms with Gasteiger partial charge < -0.3 is 15.0 Å². The smallest absolute Gasteiger partial charge is 0.229 e. The van der Waals surface area contributed by atoms with Crippen LogP contribution < -0.4 is 15.0 Å². The minimum atomic E-state index is -0.211. The van der Waals surface area contributed by atoms with Crippen molar-refractivity contribution in [3.63, 3.8) is 0 Å². The molecule has 1 fully saturated rings. The summed E-state index contributed by atoms with van der Waals surface area (Å²) in [7, 11) is 1.58. The lowest BCUT2D eigenvalue weighted by molar-refractivity contribution is -0.121. The highest BCUT2D eigenvalue weighted by Crippen LogP contribution is 2.31. The van der Waals surface area contributed by atoms with Gasteiger partial charge in [0.2, 0.25) is 11.8 Å². The molecule has 2 heterocycles. The number of H-pyrrole nitrogens is 1. The summed E-state index contributed by atoms with van der Waals surface area (Å²) in [5.74, 6) is 0.519. The average molecular weight is 342 g/mol. The SMILES string of the molecule is COc1ccccc1N1C[C@@H](NC(=O)Cc2c(C)n[nH]c2C)CC1=O. The summed E-state index contributed by atoms with van der Waals surface area (Å²) in [4.78, 5) is 26.4. The van der Waals surface area contributed by atoms with Crippen LogP contribution in [0.1, 0.15) is 23.4 Å². The van der Waals surface area contributed by atoms with E-state index >= 15 is 0 Å². The van der Waals surface area contributed by atoms with Gasteiger partial charge in [0.25, 0.3) is 0 Å². The van der Waals surface area contributed by atoms with Crippen molar-refractivity contribution in [2.75, 3.05) is 18.6 Å². The Morgan fingerprint density at radius 3 is 2.84 bits per heavy atom. The van der Waals surface area contributed by atoms with E-state index in [4.69, 9.17) is 4.74 Å². The molecule has 132 valence electrons. The maximum atomic E-state index is 12.4. The van der Waals surface area contributed by atoms with Crippen molar-refractivity contribution in [3.8, 4) is 5.75 Å². The number of nitrogens with zero attached hydrogens (tertiary/aromatic N) is 2. The fourth-order valence-electron chi connectivity index (χ4n) is 3.16. The molecular weight excluding hydrogens is 320 g/mol. The zero-order valence-corrected chi connectivity index (χ0v) is 14.6. The number of aromatic amines is 1. The zero-order valence-electron chi connectivity index (χ0n) is 14.6. The fourth-order valence-corrected chi connectivity index (χ4v) is 3.16. The number of anilines is 1. The third-order valence-corrected chi connectivity index (χ3v) is 4.48. The molecule has 7 heteroatoms. The van der Waals surface area contributed by atoms with E-state index in [1.54, 1.807) is 12.0 Å². The highest BCUT2D eigenvalue weighted by atomic mass is 16.5. The summed E-state index contributed by atoms with van der Waals surface area (Å²) in [6.45, 7) is 4.20. The number of carbonyl (C=O) groups is 2. The molecule has 1 atom stereocenters. The molecule has 2 N–H and O–H groups in total. The highest BCUT2D eigenvalue weighted by Gasteiger charge is 2.33. The van der Waals surface area contributed by atoms with E-state index in [2.05, 4.69) is 15.5 Å². The highest BCUT2D eigenvalue weighted by molar-refractivity contribution is 5.98.